The van der Waals surface area contributed by atoms with Gasteiger partial charge in [-0.2, -0.15) is 10.2 Å². The number of hydrogen-bond donors (Lipinski definition) is 1. The summed E-state index contributed by atoms with van der Waals surface area (Å²) in [6.45, 7) is 3.87. The fourth-order valence-electron chi connectivity index (χ4n) is 3.01. The molecule has 3 heterocycles. The van der Waals surface area contributed by atoms with Gasteiger partial charge in [0.25, 0.3) is 5.91 Å². The fourth-order valence-corrected chi connectivity index (χ4v) is 3.65. The Balaban J connectivity index is 1.60. The molecule has 4 rings (SSSR count). The normalized spacial score (nSPS) is 11.2. The second-order valence-electron chi connectivity index (χ2n) is 6.51. The van der Waals surface area contributed by atoms with Crippen molar-refractivity contribution in [3.63, 3.8) is 0 Å². The van der Waals surface area contributed by atoms with Gasteiger partial charge in [-0.25, -0.2) is 13.9 Å². The first-order valence-electron chi connectivity index (χ1n) is 8.62. The summed E-state index contributed by atoms with van der Waals surface area (Å²) in [5.74, 6) is -0.517. The van der Waals surface area contributed by atoms with Gasteiger partial charge in [-0.3, -0.25) is 9.48 Å². The van der Waals surface area contributed by atoms with Crippen LogP contribution in [0.4, 0.5) is 10.2 Å². The first-order chi connectivity index (χ1) is 13.8. The van der Waals surface area contributed by atoms with Crippen molar-refractivity contribution in [1.29, 1.82) is 0 Å². The predicted molar refractivity (Wildman–Crippen MR) is 111 cm³/mol. The van der Waals surface area contributed by atoms with E-state index in [9.17, 15) is 9.18 Å². The first-order valence-corrected chi connectivity index (χ1v) is 9.79. The van der Waals surface area contributed by atoms with E-state index in [4.69, 9.17) is 11.6 Å². The van der Waals surface area contributed by atoms with Gasteiger partial charge in [0.1, 0.15) is 11.4 Å². The van der Waals surface area contributed by atoms with E-state index in [0.29, 0.717) is 32.1 Å². The number of nitrogens with one attached hydrogen (secondary N) is 1. The average Bonchev–Trinajstić information content (AvgIpc) is 3.22. The van der Waals surface area contributed by atoms with E-state index in [1.807, 2.05) is 19.9 Å². The molecule has 10 heteroatoms. The molecule has 0 spiro atoms. The van der Waals surface area contributed by atoms with Gasteiger partial charge in [-0.1, -0.05) is 17.7 Å². The third-order valence-electron chi connectivity index (χ3n) is 4.35. The largest absolute Gasteiger partial charge is 0.304 e. The number of carbonyl (C=O) groups is 1. The smallest absolute Gasteiger partial charge is 0.262 e. The molecule has 0 radical (unpaired) electrons. The summed E-state index contributed by atoms with van der Waals surface area (Å²) >= 11 is 9.45. The van der Waals surface area contributed by atoms with Crippen LogP contribution >= 0.6 is 27.5 Å². The van der Waals surface area contributed by atoms with Gasteiger partial charge >= 0.3 is 0 Å². The molecule has 3 aromatic heterocycles. The molecule has 0 aliphatic rings. The Morgan fingerprint density at radius 1 is 1.34 bits per heavy atom. The summed E-state index contributed by atoms with van der Waals surface area (Å²) < 4.78 is 17.7. The van der Waals surface area contributed by atoms with Gasteiger partial charge in [-0.15, -0.1) is 0 Å². The van der Waals surface area contributed by atoms with Gasteiger partial charge in [-0.05, 0) is 48.0 Å². The molecule has 4 aromatic rings. The Morgan fingerprint density at radius 3 is 2.90 bits per heavy atom. The van der Waals surface area contributed by atoms with Gasteiger partial charge in [0.05, 0.1) is 17.2 Å². The highest BCUT2D eigenvalue weighted by Crippen LogP contribution is 2.25. The van der Waals surface area contributed by atoms with Crippen LogP contribution in [0.1, 0.15) is 27.3 Å². The van der Waals surface area contributed by atoms with E-state index >= 15 is 0 Å². The van der Waals surface area contributed by atoms with Crippen molar-refractivity contribution in [2.45, 2.75) is 20.4 Å². The second-order valence-corrected chi connectivity index (χ2v) is 7.77. The summed E-state index contributed by atoms with van der Waals surface area (Å²) in [6.07, 6.45) is 3.11. The summed E-state index contributed by atoms with van der Waals surface area (Å²) in [4.78, 5) is 17.2. The van der Waals surface area contributed by atoms with Gasteiger partial charge in [0, 0.05) is 28.2 Å². The molecule has 148 valence electrons. The van der Waals surface area contributed by atoms with Crippen LogP contribution in [0.5, 0.6) is 0 Å². The number of rotatable bonds is 4. The van der Waals surface area contributed by atoms with E-state index in [1.165, 1.54) is 16.9 Å². The molecule has 1 amide bonds. The molecular formula is C19H15BrClFN6O. The molecule has 0 aliphatic carbocycles. The number of benzene rings is 1. The summed E-state index contributed by atoms with van der Waals surface area (Å²) in [5.41, 5.74) is 2.78. The summed E-state index contributed by atoms with van der Waals surface area (Å²) in [5, 5.41) is 11.6. The van der Waals surface area contributed by atoms with Crippen molar-refractivity contribution >= 4 is 44.9 Å². The molecule has 0 atom stereocenters. The SMILES string of the molecule is Cc1cc(C)n2ncc(C(=O)Nc3nn(Cc4c(F)cccc4Cl)cc3Br)c2n1. The van der Waals surface area contributed by atoms with Crippen LogP contribution < -0.4 is 5.32 Å². The molecular weight excluding hydrogens is 463 g/mol. The maximum absolute atomic E-state index is 14.0. The Labute approximate surface area is 178 Å². The minimum Gasteiger partial charge on any atom is -0.304 e. The van der Waals surface area contributed by atoms with E-state index in [1.54, 1.807) is 22.8 Å². The number of halogens is 3. The van der Waals surface area contributed by atoms with E-state index in [-0.39, 0.29) is 6.54 Å². The highest BCUT2D eigenvalue weighted by atomic mass is 79.9. The molecule has 0 aliphatic heterocycles. The Hall–Kier alpha value is -2.78. The minimum absolute atomic E-state index is 0.122. The number of aromatic nitrogens is 5. The number of amides is 1. The lowest BCUT2D eigenvalue weighted by Crippen LogP contribution is -2.14. The topological polar surface area (TPSA) is 77.1 Å². The van der Waals surface area contributed by atoms with Crippen molar-refractivity contribution in [2.75, 3.05) is 5.32 Å². The van der Waals surface area contributed by atoms with Crippen molar-refractivity contribution in [1.82, 2.24) is 24.4 Å². The minimum atomic E-state index is -0.419. The van der Waals surface area contributed by atoms with E-state index < -0.39 is 11.7 Å². The van der Waals surface area contributed by atoms with Crippen LogP contribution in [0.3, 0.4) is 0 Å². The molecule has 0 saturated heterocycles. The molecule has 0 saturated carbocycles. The van der Waals surface area contributed by atoms with Crippen LogP contribution in [-0.4, -0.2) is 30.3 Å². The average molecular weight is 478 g/mol. The van der Waals surface area contributed by atoms with Gasteiger partial charge < -0.3 is 5.32 Å². The zero-order chi connectivity index (χ0) is 20.7. The number of fused-ring (bicyclic) bond motifs is 1. The lowest BCUT2D eigenvalue weighted by atomic mass is 10.2. The Bertz CT molecular complexity index is 1230. The third kappa shape index (κ3) is 3.75. The van der Waals surface area contributed by atoms with Crippen molar-refractivity contribution in [3.05, 3.63) is 74.5 Å². The zero-order valence-corrected chi connectivity index (χ0v) is 17.8. The predicted octanol–water partition coefficient (Wildman–Crippen LogP) is 4.40. The summed E-state index contributed by atoms with van der Waals surface area (Å²) in [6, 6.07) is 6.38. The van der Waals surface area contributed by atoms with Crippen LogP contribution in [0.2, 0.25) is 5.02 Å². The zero-order valence-electron chi connectivity index (χ0n) is 15.4. The van der Waals surface area contributed by atoms with E-state index in [0.717, 1.165) is 11.4 Å². The van der Waals surface area contributed by atoms with Crippen molar-refractivity contribution in [2.24, 2.45) is 0 Å². The lowest BCUT2D eigenvalue weighted by Gasteiger charge is -2.06. The second kappa shape index (κ2) is 7.57. The first kappa shape index (κ1) is 19.5. The molecule has 0 unspecified atom stereocenters. The van der Waals surface area contributed by atoms with Crippen LogP contribution in [-0.2, 0) is 6.54 Å². The van der Waals surface area contributed by atoms with Gasteiger partial charge in [0.15, 0.2) is 11.5 Å². The molecule has 29 heavy (non-hydrogen) atoms. The maximum atomic E-state index is 14.0. The molecule has 0 bridgehead atoms. The van der Waals surface area contributed by atoms with Crippen LogP contribution in [0.25, 0.3) is 5.65 Å². The molecule has 1 aromatic carbocycles. The Morgan fingerprint density at radius 2 is 2.14 bits per heavy atom. The van der Waals surface area contributed by atoms with Crippen LogP contribution in [0, 0.1) is 19.7 Å². The Kier molecular flexibility index (Phi) is 5.10. The number of anilines is 1. The highest BCUT2D eigenvalue weighted by molar-refractivity contribution is 9.10. The van der Waals surface area contributed by atoms with Gasteiger partial charge in [0.2, 0.25) is 0 Å². The van der Waals surface area contributed by atoms with E-state index in [2.05, 4.69) is 36.4 Å². The number of carbonyl (C=O) groups excluding carboxylic acids is 1. The lowest BCUT2D eigenvalue weighted by molar-refractivity contribution is 0.102. The van der Waals surface area contributed by atoms with Crippen molar-refractivity contribution in [3.8, 4) is 0 Å². The number of hydrogen-bond acceptors (Lipinski definition) is 4. The molecule has 0 fully saturated rings. The summed E-state index contributed by atoms with van der Waals surface area (Å²) in [7, 11) is 0. The quantitative estimate of drug-likeness (QED) is 0.473. The van der Waals surface area contributed by atoms with Crippen LogP contribution in [0.15, 0.2) is 41.1 Å². The third-order valence-corrected chi connectivity index (χ3v) is 5.29. The monoisotopic (exact) mass is 476 g/mol. The number of nitrogens with zero attached hydrogens (tertiary/aromatic N) is 5. The fraction of sp³-hybridized carbons (Fsp3) is 0.158. The molecule has 7 nitrogen and oxygen atoms in total. The number of aryl methyl sites for hydroxylation is 2. The maximum Gasteiger partial charge on any atom is 0.262 e. The molecule has 1 N–H and O–H groups in total. The standard InChI is InChI=1S/C19H15BrClFN6O/c1-10-6-11(2)28-18(24-10)12(7-23-28)19(29)25-17-14(20)9-27(26-17)8-13-15(21)4-3-5-16(13)22/h3-7,9H,8H2,1-2H3,(H,25,26,29). The highest BCUT2D eigenvalue weighted by Gasteiger charge is 2.19. The van der Waals surface area contributed by atoms with Crippen molar-refractivity contribution < 1.29 is 9.18 Å².